The lowest BCUT2D eigenvalue weighted by atomic mass is 10.2. The zero-order valence-electron chi connectivity index (χ0n) is 8.96. The highest BCUT2D eigenvalue weighted by atomic mass is 32.2. The molecule has 1 N–H and O–H groups in total. The summed E-state index contributed by atoms with van der Waals surface area (Å²) in [5.41, 5.74) is 1.42. The van der Waals surface area contributed by atoms with Gasteiger partial charge in [0.1, 0.15) is 6.26 Å². The zero-order chi connectivity index (χ0) is 11.9. The molecule has 1 aliphatic rings. The molecule has 1 fully saturated rings. The minimum absolute atomic E-state index is 0.0135. The van der Waals surface area contributed by atoms with Gasteiger partial charge in [0.15, 0.2) is 0 Å². The lowest BCUT2D eigenvalue weighted by molar-refractivity contribution is 0.411. The van der Waals surface area contributed by atoms with Crippen LogP contribution < -0.4 is 0 Å². The fourth-order valence-electron chi connectivity index (χ4n) is 1.76. The van der Waals surface area contributed by atoms with Gasteiger partial charge in [-0.1, -0.05) is 5.16 Å². The first kappa shape index (κ1) is 10.5. The summed E-state index contributed by atoms with van der Waals surface area (Å²) in [4.78, 5) is 6.37. The van der Waals surface area contributed by atoms with Gasteiger partial charge >= 0.3 is 0 Å². The molecule has 2 aromatic heterocycles. The lowest BCUT2D eigenvalue weighted by Gasteiger charge is -2.00. The van der Waals surface area contributed by atoms with E-state index in [0.717, 1.165) is 18.5 Å². The zero-order valence-corrected chi connectivity index (χ0v) is 9.77. The Morgan fingerprint density at radius 1 is 1.47 bits per heavy atom. The second kappa shape index (κ2) is 3.69. The molecule has 1 aliphatic carbocycles. The van der Waals surface area contributed by atoms with Crippen LogP contribution in [0.5, 0.6) is 0 Å². The lowest BCUT2D eigenvalue weighted by Crippen LogP contribution is -2.07. The number of nitrogens with zero attached hydrogens (tertiary/aromatic N) is 2. The van der Waals surface area contributed by atoms with E-state index in [9.17, 15) is 8.42 Å². The minimum Gasteiger partial charge on any atom is -0.364 e. The standard InChI is InChI=1S/C10H11N3O3S/c14-17(15,10-11-3-4-12-10)6-8-5-16-13-9(8)7-1-2-7/h3-5,7H,1-2,6H2,(H,11,12). The van der Waals surface area contributed by atoms with Gasteiger partial charge in [-0.05, 0) is 12.8 Å². The summed E-state index contributed by atoms with van der Waals surface area (Å²) in [6.45, 7) is 0. The Bertz CT molecular complexity index is 611. The summed E-state index contributed by atoms with van der Waals surface area (Å²) in [5.74, 6) is 0.256. The summed E-state index contributed by atoms with van der Waals surface area (Å²) >= 11 is 0. The molecule has 0 aliphatic heterocycles. The first-order valence-electron chi connectivity index (χ1n) is 5.32. The summed E-state index contributed by atoms with van der Waals surface area (Å²) < 4.78 is 28.9. The van der Waals surface area contributed by atoms with E-state index < -0.39 is 9.84 Å². The van der Waals surface area contributed by atoms with E-state index >= 15 is 0 Å². The molecule has 17 heavy (non-hydrogen) atoms. The molecule has 6 nitrogen and oxygen atoms in total. The molecule has 0 spiro atoms. The van der Waals surface area contributed by atoms with Crippen LogP contribution >= 0.6 is 0 Å². The number of rotatable bonds is 4. The number of sulfone groups is 1. The normalized spacial score (nSPS) is 16.2. The molecule has 0 unspecified atom stereocenters. The molecule has 0 amide bonds. The molecule has 2 aromatic rings. The molecule has 7 heteroatoms. The fourth-order valence-corrected chi connectivity index (χ4v) is 2.99. The van der Waals surface area contributed by atoms with Gasteiger partial charge in [0.25, 0.3) is 0 Å². The minimum atomic E-state index is -3.43. The van der Waals surface area contributed by atoms with Crippen molar-refractivity contribution in [2.75, 3.05) is 0 Å². The quantitative estimate of drug-likeness (QED) is 0.885. The van der Waals surface area contributed by atoms with Crippen molar-refractivity contribution in [3.8, 4) is 0 Å². The molecule has 1 saturated carbocycles. The van der Waals surface area contributed by atoms with Crippen molar-refractivity contribution in [1.29, 1.82) is 0 Å². The molecule has 0 saturated heterocycles. The van der Waals surface area contributed by atoms with E-state index in [1.165, 1.54) is 18.7 Å². The van der Waals surface area contributed by atoms with Gasteiger partial charge in [-0.25, -0.2) is 13.4 Å². The van der Waals surface area contributed by atoms with Crippen molar-refractivity contribution in [3.05, 3.63) is 29.9 Å². The third-order valence-electron chi connectivity index (χ3n) is 2.75. The van der Waals surface area contributed by atoms with E-state index in [1.807, 2.05) is 0 Å². The fraction of sp³-hybridized carbons (Fsp3) is 0.400. The van der Waals surface area contributed by atoms with Crippen LogP contribution in [0.15, 0.2) is 28.3 Å². The maximum absolute atomic E-state index is 12.0. The Labute approximate surface area is 98.0 Å². The van der Waals surface area contributed by atoms with Crippen LogP contribution in [0.25, 0.3) is 0 Å². The molecule has 0 atom stereocenters. The number of aromatic amines is 1. The van der Waals surface area contributed by atoms with Crippen molar-refractivity contribution in [3.63, 3.8) is 0 Å². The summed E-state index contributed by atoms with van der Waals surface area (Å²) in [6.07, 6.45) is 6.43. The van der Waals surface area contributed by atoms with E-state index in [2.05, 4.69) is 15.1 Å². The number of nitrogens with one attached hydrogen (secondary N) is 1. The van der Waals surface area contributed by atoms with E-state index in [4.69, 9.17) is 4.52 Å². The second-order valence-electron chi connectivity index (χ2n) is 4.15. The Balaban J connectivity index is 1.89. The molecule has 0 bridgehead atoms. The van der Waals surface area contributed by atoms with E-state index in [1.54, 1.807) is 0 Å². The Morgan fingerprint density at radius 2 is 2.29 bits per heavy atom. The third-order valence-corrected chi connectivity index (χ3v) is 4.26. The van der Waals surface area contributed by atoms with Gasteiger partial charge in [0, 0.05) is 23.9 Å². The number of H-pyrrole nitrogens is 1. The number of aromatic nitrogens is 3. The van der Waals surface area contributed by atoms with Crippen LogP contribution in [-0.2, 0) is 15.6 Å². The Hall–Kier alpha value is -1.63. The first-order valence-corrected chi connectivity index (χ1v) is 6.97. The topological polar surface area (TPSA) is 88.8 Å². The smallest absolute Gasteiger partial charge is 0.225 e. The van der Waals surface area contributed by atoms with E-state index in [0.29, 0.717) is 11.5 Å². The maximum atomic E-state index is 12.0. The molecule has 0 radical (unpaired) electrons. The van der Waals surface area contributed by atoms with Crippen molar-refractivity contribution in [1.82, 2.24) is 15.1 Å². The van der Waals surface area contributed by atoms with Crippen molar-refractivity contribution in [2.24, 2.45) is 0 Å². The van der Waals surface area contributed by atoms with Crippen molar-refractivity contribution >= 4 is 9.84 Å². The Morgan fingerprint density at radius 3 is 2.94 bits per heavy atom. The predicted molar refractivity (Wildman–Crippen MR) is 58.0 cm³/mol. The largest absolute Gasteiger partial charge is 0.364 e. The van der Waals surface area contributed by atoms with Crippen LogP contribution in [0.2, 0.25) is 0 Å². The van der Waals surface area contributed by atoms with Gasteiger partial charge in [-0.15, -0.1) is 0 Å². The highest BCUT2D eigenvalue weighted by Gasteiger charge is 2.31. The predicted octanol–water partition coefficient (Wildman–Crippen LogP) is 1.25. The van der Waals surface area contributed by atoms with Crippen molar-refractivity contribution in [2.45, 2.75) is 29.7 Å². The molecule has 2 heterocycles. The van der Waals surface area contributed by atoms with Gasteiger partial charge in [0.2, 0.25) is 15.0 Å². The van der Waals surface area contributed by atoms with Gasteiger partial charge in [-0.3, -0.25) is 0 Å². The highest BCUT2D eigenvalue weighted by molar-refractivity contribution is 7.90. The van der Waals surface area contributed by atoms with Crippen LogP contribution in [-0.4, -0.2) is 23.5 Å². The number of hydrogen-bond acceptors (Lipinski definition) is 5. The molecule has 0 aromatic carbocycles. The Kier molecular flexibility index (Phi) is 2.29. The molecular weight excluding hydrogens is 242 g/mol. The first-order chi connectivity index (χ1) is 8.17. The monoisotopic (exact) mass is 253 g/mol. The second-order valence-corrected chi connectivity index (χ2v) is 6.06. The third kappa shape index (κ3) is 1.97. The van der Waals surface area contributed by atoms with Crippen LogP contribution in [0, 0.1) is 0 Å². The SMILES string of the molecule is O=S(=O)(Cc1conc1C1CC1)c1ncc[nH]1. The molecule has 3 rings (SSSR count). The van der Waals surface area contributed by atoms with Crippen LogP contribution in [0.3, 0.4) is 0 Å². The summed E-state index contributed by atoms with van der Waals surface area (Å²) in [6, 6.07) is 0. The summed E-state index contributed by atoms with van der Waals surface area (Å²) in [7, 11) is -3.43. The summed E-state index contributed by atoms with van der Waals surface area (Å²) in [5, 5.41) is 3.86. The van der Waals surface area contributed by atoms with Gasteiger partial charge < -0.3 is 9.51 Å². The number of hydrogen-bond donors (Lipinski definition) is 1. The number of imidazole rings is 1. The van der Waals surface area contributed by atoms with Gasteiger partial charge in [-0.2, -0.15) is 0 Å². The van der Waals surface area contributed by atoms with Crippen LogP contribution in [0.4, 0.5) is 0 Å². The maximum Gasteiger partial charge on any atom is 0.225 e. The average molecular weight is 253 g/mol. The van der Waals surface area contributed by atoms with Crippen molar-refractivity contribution < 1.29 is 12.9 Å². The highest BCUT2D eigenvalue weighted by Crippen LogP contribution is 2.41. The molecular formula is C10H11N3O3S. The average Bonchev–Trinajstić information content (AvgIpc) is 2.82. The van der Waals surface area contributed by atoms with Gasteiger partial charge in [0.05, 0.1) is 11.4 Å². The molecule has 90 valence electrons. The van der Waals surface area contributed by atoms with E-state index in [-0.39, 0.29) is 10.9 Å². The van der Waals surface area contributed by atoms with Crippen LogP contribution in [0.1, 0.15) is 30.0 Å².